The second-order valence-corrected chi connectivity index (χ2v) is 4.97. The van der Waals surface area contributed by atoms with Crippen LogP contribution in [0.2, 0.25) is 0 Å². The van der Waals surface area contributed by atoms with E-state index in [0.717, 1.165) is 18.2 Å². The Bertz CT molecular complexity index is 898. The third-order valence-corrected chi connectivity index (χ3v) is 3.32. The van der Waals surface area contributed by atoms with E-state index in [1.807, 2.05) is 0 Å². The zero-order valence-corrected chi connectivity index (χ0v) is 12.5. The fourth-order valence-electron chi connectivity index (χ4n) is 2.17. The third-order valence-electron chi connectivity index (χ3n) is 3.32. The minimum Gasteiger partial charge on any atom is -0.454 e. The van der Waals surface area contributed by atoms with E-state index in [2.05, 4.69) is 5.32 Å². The predicted molar refractivity (Wildman–Crippen MR) is 83.2 cm³/mol. The molecule has 0 saturated carbocycles. The molecule has 0 aliphatic carbocycles. The first kappa shape index (κ1) is 16.4. The van der Waals surface area contributed by atoms with E-state index in [4.69, 9.17) is 9.47 Å². The maximum atomic E-state index is 13.5. The van der Waals surface area contributed by atoms with Crippen LogP contribution < -0.4 is 14.8 Å². The van der Waals surface area contributed by atoms with E-state index in [-0.39, 0.29) is 29.5 Å². The first-order valence-electron chi connectivity index (χ1n) is 6.96. The van der Waals surface area contributed by atoms with Crippen LogP contribution >= 0.6 is 0 Å². The minimum atomic E-state index is -0.934. The van der Waals surface area contributed by atoms with Gasteiger partial charge in [0.05, 0.1) is 22.2 Å². The summed E-state index contributed by atoms with van der Waals surface area (Å²) in [6.07, 6.45) is 2.18. The summed E-state index contributed by atoms with van der Waals surface area (Å²) in [4.78, 5) is 22.4. The molecule has 1 aliphatic rings. The third kappa shape index (κ3) is 3.55. The highest BCUT2D eigenvalue weighted by molar-refractivity contribution is 6.02. The van der Waals surface area contributed by atoms with Gasteiger partial charge in [-0.25, -0.2) is 8.78 Å². The molecule has 1 amide bonds. The van der Waals surface area contributed by atoms with Crippen molar-refractivity contribution in [2.24, 2.45) is 0 Å². The van der Waals surface area contributed by atoms with Gasteiger partial charge < -0.3 is 14.8 Å². The van der Waals surface area contributed by atoms with Crippen LogP contribution in [0.4, 0.5) is 20.2 Å². The van der Waals surface area contributed by atoms with Crippen LogP contribution in [0.5, 0.6) is 11.5 Å². The van der Waals surface area contributed by atoms with Gasteiger partial charge in [0.2, 0.25) is 12.7 Å². The number of nitro benzene ring substituents is 1. The Morgan fingerprint density at radius 3 is 2.60 bits per heavy atom. The second-order valence-electron chi connectivity index (χ2n) is 4.97. The van der Waals surface area contributed by atoms with Crippen molar-refractivity contribution in [3.05, 3.63) is 63.7 Å². The number of carbonyl (C=O) groups excluding carboxylic acids is 1. The van der Waals surface area contributed by atoms with Gasteiger partial charge in [0.1, 0.15) is 11.6 Å². The molecule has 0 aromatic heterocycles. The molecule has 1 N–H and O–H groups in total. The monoisotopic (exact) mass is 348 g/mol. The first-order chi connectivity index (χ1) is 11.9. The number of benzene rings is 2. The fourth-order valence-corrected chi connectivity index (χ4v) is 2.17. The molecule has 0 bridgehead atoms. The zero-order valence-electron chi connectivity index (χ0n) is 12.5. The average Bonchev–Trinajstić information content (AvgIpc) is 3.02. The average molecular weight is 348 g/mol. The van der Waals surface area contributed by atoms with Gasteiger partial charge in [-0.1, -0.05) is 0 Å². The Kier molecular flexibility index (Phi) is 4.29. The topological polar surface area (TPSA) is 90.7 Å². The number of nitrogens with one attached hydrogen (secondary N) is 1. The molecule has 0 radical (unpaired) electrons. The summed E-state index contributed by atoms with van der Waals surface area (Å²) < 4.78 is 36.5. The Labute approximate surface area is 139 Å². The largest absolute Gasteiger partial charge is 0.454 e. The van der Waals surface area contributed by atoms with Crippen LogP contribution in [0.1, 0.15) is 5.56 Å². The van der Waals surface area contributed by atoms with Crippen LogP contribution in [-0.2, 0) is 4.79 Å². The van der Waals surface area contributed by atoms with Gasteiger partial charge in [-0.3, -0.25) is 14.9 Å². The zero-order chi connectivity index (χ0) is 18.0. The molecule has 2 aromatic carbocycles. The van der Waals surface area contributed by atoms with Crippen molar-refractivity contribution in [3.8, 4) is 11.5 Å². The van der Waals surface area contributed by atoms with E-state index in [1.165, 1.54) is 18.2 Å². The number of rotatable bonds is 4. The normalized spacial score (nSPS) is 12.4. The molecule has 0 fully saturated rings. The number of nitro groups is 1. The van der Waals surface area contributed by atoms with Crippen molar-refractivity contribution in [1.82, 2.24) is 0 Å². The van der Waals surface area contributed by atoms with Crippen LogP contribution in [0.3, 0.4) is 0 Å². The van der Waals surface area contributed by atoms with Crippen molar-refractivity contribution in [2.45, 2.75) is 0 Å². The van der Waals surface area contributed by atoms with Crippen LogP contribution in [0.15, 0.2) is 36.4 Å². The second kappa shape index (κ2) is 6.56. The van der Waals surface area contributed by atoms with E-state index in [1.54, 1.807) is 0 Å². The minimum absolute atomic E-state index is 0.0516. The number of hydrogen-bond acceptors (Lipinski definition) is 5. The van der Waals surface area contributed by atoms with Gasteiger partial charge in [0, 0.05) is 12.1 Å². The summed E-state index contributed by atoms with van der Waals surface area (Å²) in [5.41, 5.74) is -0.374. The summed E-state index contributed by atoms with van der Waals surface area (Å²) in [6.45, 7) is -0.0516. The molecule has 2 aromatic rings. The quantitative estimate of drug-likeness (QED) is 0.520. The molecular weight excluding hydrogens is 338 g/mol. The van der Waals surface area contributed by atoms with E-state index >= 15 is 0 Å². The maximum absolute atomic E-state index is 13.5. The van der Waals surface area contributed by atoms with Gasteiger partial charge in [0.15, 0.2) is 11.5 Å². The lowest BCUT2D eigenvalue weighted by molar-refractivity contribution is -0.385. The molecular formula is C16H10F2N2O5. The molecule has 128 valence electrons. The number of amides is 1. The Balaban J connectivity index is 1.81. The van der Waals surface area contributed by atoms with E-state index < -0.39 is 22.5 Å². The predicted octanol–water partition coefficient (Wildman–Crippen LogP) is 3.25. The molecule has 7 nitrogen and oxygen atoms in total. The van der Waals surface area contributed by atoms with Crippen molar-refractivity contribution in [3.63, 3.8) is 0 Å². The van der Waals surface area contributed by atoms with Gasteiger partial charge in [0.25, 0.3) is 5.69 Å². The van der Waals surface area contributed by atoms with Gasteiger partial charge >= 0.3 is 0 Å². The molecule has 0 saturated heterocycles. The van der Waals surface area contributed by atoms with Crippen LogP contribution in [0, 0.1) is 21.7 Å². The van der Waals surface area contributed by atoms with Gasteiger partial charge in [-0.05, 0) is 24.3 Å². The molecule has 3 rings (SSSR count). The summed E-state index contributed by atoms with van der Waals surface area (Å²) in [5.74, 6) is -1.90. The molecule has 25 heavy (non-hydrogen) atoms. The lowest BCUT2D eigenvalue weighted by Gasteiger charge is -2.04. The maximum Gasteiger partial charge on any atom is 0.280 e. The van der Waals surface area contributed by atoms with Gasteiger partial charge in [-0.15, -0.1) is 0 Å². The standard InChI is InChI=1S/C16H10F2N2O5/c17-10-2-3-12(11(18)6-10)19-16(21)4-1-9-5-14-15(25-8-24-14)7-13(9)20(22)23/h1-7H,8H2,(H,19,21)/b4-1+. The van der Waals surface area contributed by atoms with Crippen molar-refractivity contribution >= 4 is 23.4 Å². The highest BCUT2D eigenvalue weighted by Gasteiger charge is 2.22. The number of ether oxygens (including phenoxy) is 2. The molecule has 0 spiro atoms. The van der Waals surface area contributed by atoms with Crippen molar-refractivity contribution < 1.29 is 28.0 Å². The first-order valence-corrected chi connectivity index (χ1v) is 6.96. The Hall–Kier alpha value is -3.49. The van der Waals surface area contributed by atoms with Gasteiger partial charge in [-0.2, -0.15) is 0 Å². The SMILES string of the molecule is O=C(/C=C/c1cc2c(cc1[N+](=O)[O-])OCO2)Nc1ccc(F)cc1F. The number of carbonyl (C=O) groups is 1. The lowest BCUT2D eigenvalue weighted by atomic mass is 10.1. The number of hydrogen-bond donors (Lipinski definition) is 1. The molecule has 9 heteroatoms. The van der Waals surface area contributed by atoms with Crippen LogP contribution in [-0.4, -0.2) is 17.6 Å². The van der Waals surface area contributed by atoms with E-state index in [0.29, 0.717) is 11.8 Å². The highest BCUT2D eigenvalue weighted by Crippen LogP contribution is 2.38. The number of fused-ring (bicyclic) bond motifs is 1. The molecule has 0 unspecified atom stereocenters. The smallest absolute Gasteiger partial charge is 0.280 e. The Morgan fingerprint density at radius 2 is 1.92 bits per heavy atom. The molecule has 0 atom stereocenters. The summed E-state index contributed by atoms with van der Waals surface area (Å²) >= 11 is 0. The number of halogens is 2. The van der Waals surface area contributed by atoms with E-state index in [9.17, 15) is 23.7 Å². The highest BCUT2D eigenvalue weighted by atomic mass is 19.1. The molecule has 1 heterocycles. The molecule has 1 aliphatic heterocycles. The summed E-state index contributed by atoms with van der Waals surface area (Å²) in [6, 6.07) is 5.24. The summed E-state index contributed by atoms with van der Waals surface area (Å²) in [5, 5.41) is 13.3. The van der Waals surface area contributed by atoms with Crippen molar-refractivity contribution in [1.29, 1.82) is 0 Å². The number of anilines is 1. The number of nitrogens with zero attached hydrogens (tertiary/aromatic N) is 1. The van der Waals surface area contributed by atoms with Crippen LogP contribution in [0.25, 0.3) is 6.08 Å². The Morgan fingerprint density at radius 1 is 1.20 bits per heavy atom. The lowest BCUT2D eigenvalue weighted by Crippen LogP contribution is -2.09. The fraction of sp³-hybridized carbons (Fsp3) is 0.0625. The summed E-state index contributed by atoms with van der Waals surface area (Å²) in [7, 11) is 0. The van der Waals surface area contributed by atoms with Crippen molar-refractivity contribution in [2.75, 3.05) is 12.1 Å².